The number of rotatable bonds is 4. The zero-order chi connectivity index (χ0) is 24.7. The molecule has 0 aliphatic rings. The third-order valence-electron chi connectivity index (χ3n) is 5.61. The van der Waals surface area contributed by atoms with E-state index in [0.29, 0.717) is 39.2 Å². The molecule has 0 aliphatic carbocycles. The highest BCUT2D eigenvalue weighted by atomic mass is 19.1. The number of benzene rings is 1. The van der Waals surface area contributed by atoms with E-state index in [2.05, 4.69) is 30.8 Å². The van der Waals surface area contributed by atoms with Gasteiger partial charge >= 0.3 is 6.01 Å². The minimum absolute atomic E-state index is 0.0356. The lowest BCUT2D eigenvalue weighted by atomic mass is 9.98. The first-order chi connectivity index (χ1) is 16.9. The summed E-state index contributed by atoms with van der Waals surface area (Å²) in [7, 11) is 1.76. The zero-order valence-corrected chi connectivity index (χ0v) is 19.0. The first kappa shape index (κ1) is 22.1. The molecule has 7 nitrogen and oxygen atoms in total. The maximum atomic E-state index is 15.2. The molecule has 9 heteroatoms. The summed E-state index contributed by atoms with van der Waals surface area (Å²) in [4.78, 5) is 21.0. The number of ether oxygens (including phenoxy) is 1. The molecule has 0 fully saturated rings. The lowest BCUT2D eigenvalue weighted by Crippen LogP contribution is -1.98. The predicted molar refractivity (Wildman–Crippen MR) is 127 cm³/mol. The number of halogens is 2. The second kappa shape index (κ2) is 8.57. The van der Waals surface area contributed by atoms with Gasteiger partial charge in [0.1, 0.15) is 23.5 Å². The highest BCUT2D eigenvalue weighted by Crippen LogP contribution is 2.42. The van der Waals surface area contributed by atoms with Gasteiger partial charge in [-0.1, -0.05) is 12.0 Å². The van der Waals surface area contributed by atoms with Gasteiger partial charge in [0, 0.05) is 42.2 Å². The van der Waals surface area contributed by atoms with Gasteiger partial charge in [-0.3, -0.25) is 0 Å². The van der Waals surface area contributed by atoms with Crippen LogP contribution in [0.4, 0.5) is 8.78 Å². The Morgan fingerprint density at radius 3 is 2.54 bits per heavy atom. The summed E-state index contributed by atoms with van der Waals surface area (Å²) < 4.78 is 37.6. The first-order valence-electron chi connectivity index (χ1n) is 10.6. The average Bonchev–Trinajstić information content (AvgIpc) is 3.14. The van der Waals surface area contributed by atoms with Crippen molar-refractivity contribution in [2.45, 2.75) is 13.8 Å². The van der Waals surface area contributed by atoms with Crippen LogP contribution in [-0.4, -0.2) is 29.5 Å². The Labute approximate surface area is 199 Å². The van der Waals surface area contributed by atoms with Gasteiger partial charge in [-0.2, -0.15) is 0 Å². The molecule has 0 amide bonds. The average molecular weight is 468 g/mol. The molecule has 0 spiro atoms. The molecule has 35 heavy (non-hydrogen) atoms. The molecule has 0 N–H and O–H groups in total. The minimum atomic E-state index is -0.633. The second-order valence-electron chi connectivity index (χ2n) is 7.86. The molecular formula is C26H18F2N6O. The molecule has 0 aliphatic heterocycles. The van der Waals surface area contributed by atoms with Crippen LogP contribution in [0.15, 0.2) is 49.1 Å². The number of pyridine rings is 1. The molecule has 0 bridgehead atoms. The van der Waals surface area contributed by atoms with Gasteiger partial charge in [-0.05, 0) is 37.6 Å². The van der Waals surface area contributed by atoms with Crippen LogP contribution >= 0.6 is 0 Å². The van der Waals surface area contributed by atoms with Gasteiger partial charge < -0.3 is 9.30 Å². The van der Waals surface area contributed by atoms with E-state index in [-0.39, 0.29) is 23.0 Å². The summed E-state index contributed by atoms with van der Waals surface area (Å²) in [5, 5.41) is 0.667. The summed E-state index contributed by atoms with van der Waals surface area (Å²) in [6.45, 7) is 3.60. The third kappa shape index (κ3) is 3.85. The van der Waals surface area contributed by atoms with Gasteiger partial charge in [0.15, 0.2) is 11.6 Å². The van der Waals surface area contributed by atoms with Gasteiger partial charge in [0.2, 0.25) is 0 Å². The van der Waals surface area contributed by atoms with Crippen LogP contribution in [0.1, 0.15) is 17.1 Å². The van der Waals surface area contributed by atoms with Crippen molar-refractivity contribution < 1.29 is 13.5 Å². The Morgan fingerprint density at radius 2 is 1.83 bits per heavy atom. The standard InChI is InChI=1S/C26H18F2N6O/c1-5-17-11-19(27)18(12-30-17)24-23(22-15(3)31-13-32-25(22)34(24)4)16-6-7-21(20(28)10-16)35-26-29-9-8-14(2)33-26/h1,6-13H,2-4H3. The number of terminal acetylenes is 1. The fourth-order valence-electron chi connectivity index (χ4n) is 3.99. The molecule has 5 aromatic rings. The van der Waals surface area contributed by atoms with Crippen molar-refractivity contribution in [3.8, 4) is 46.5 Å². The molecule has 1 aromatic carbocycles. The normalized spacial score (nSPS) is 11.0. The van der Waals surface area contributed by atoms with E-state index in [1.165, 1.54) is 36.9 Å². The maximum Gasteiger partial charge on any atom is 0.322 e. The fourth-order valence-corrected chi connectivity index (χ4v) is 3.99. The van der Waals surface area contributed by atoms with Crippen molar-refractivity contribution in [1.29, 1.82) is 0 Å². The van der Waals surface area contributed by atoms with Crippen LogP contribution < -0.4 is 4.74 Å². The monoisotopic (exact) mass is 468 g/mol. The summed E-state index contributed by atoms with van der Waals surface area (Å²) in [5.74, 6) is 1.10. The Bertz CT molecular complexity index is 1650. The maximum absolute atomic E-state index is 15.2. The number of hydrogen-bond donors (Lipinski definition) is 0. The molecule has 5 rings (SSSR count). The van der Waals surface area contributed by atoms with E-state index in [4.69, 9.17) is 11.2 Å². The molecule has 0 atom stereocenters. The van der Waals surface area contributed by atoms with Crippen molar-refractivity contribution in [2.75, 3.05) is 0 Å². The molecule has 0 saturated carbocycles. The highest BCUT2D eigenvalue weighted by molar-refractivity contribution is 6.04. The van der Waals surface area contributed by atoms with Crippen molar-refractivity contribution >= 4 is 11.0 Å². The van der Waals surface area contributed by atoms with Gasteiger partial charge in [0.05, 0.1) is 17.0 Å². The summed E-state index contributed by atoms with van der Waals surface area (Å²) in [6.07, 6.45) is 9.70. The lowest BCUT2D eigenvalue weighted by Gasteiger charge is -2.11. The van der Waals surface area contributed by atoms with Crippen molar-refractivity contribution in [3.05, 3.63) is 77.8 Å². The summed E-state index contributed by atoms with van der Waals surface area (Å²) in [5.41, 5.74) is 3.81. The highest BCUT2D eigenvalue weighted by Gasteiger charge is 2.24. The molecule has 0 saturated heterocycles. The second-order valence-corrected chi connectivity index (χ2v) is 7.86. The van der Waals surface area contributed by atoms with E-state index in [0.717, 1.165) is 0 Å². The van der Waals surface area contributed by atoms with Crippen LogP contribution in [0, 0.1) is 37.8 Å². The summed E-state index contributed by atoms with van der Waals surface area (Å²) >= 11 is 0. The van der Waals surface area contributed by atoms with E-state index in [9.17, 15) is 0 Å². The third-order valence-corrected chi connectivity index (χ3v) is 5.61. The number of hydrogen-bond acceptors (Lipinski definition) is 6. The fraction of sp³-hybridized carbons (Fsp3) is 0.115. The topological polar surface area (TPSA) is 78.6 Å². The van der Waals surface area contributed by atoms with Crippen LogP contribution in [0.2, 0.25) is 0 Å². The molecule has 0 unspecified atom stereocenters. The lowest BCUT2D eigenvalue weighted by molar-refractivity contribution is 0.410. The van der Waals surface area contributed by atoms with Crippen molar-refractivity contribution in [2.24, 2.45) is 7.05 Å². The predicted octanol–water partition coefficient (Wildman–Crippen LogP) is 5.16. The largest absolute Gasteiger partial charge is 0.421 e. The Balaban J connectivity index is 1.71. The van der Waals surface area contributed by atoms with E-state index < -0.39 is 11.6 Å². The van der Waals surface area contributed by atoms with Gasteiger partial charge in [-0.25, -0.2) is 33.7 Å². The van der Waals surface area contributed by atoms with Gasteiger partial charge in [0.25, 0.3) is 0 Å². The van der Waals surface area contributed by atoms with E-state index in [1.807, 2.05) is 6.92 Å². The first-order valence-corrected chi connectivity index (χ1v) is 10.6. The smallest absolute Gasteiger partial charge is 0.322 e. The van der Waals surface area contributed by atoms with Crippen LogP contribution in [0.5, 0.6) is 11.8 Å². The van der Waals surface area contributed by atoms with Crippen LogP contribution in [0.25, 0.3) is 33.4 Å². The number of aromatic nitrogens is 6. The van der Waals surface area contributed by atoms with Crippen LogP contribution in [0.3, 0.4) is 0 Å². The van der Waals surface area contributed by atoms with E-state index >= 15 is 8.78 Å². The number of fused-ring (bicyclic) bond motifs is 1. The Hall–Kier alpha value is -4.71. The summed E-state index contributed by atoms with van der Waals surface area (Å²) in [6, 6.07) is 7.41. The van der Waals surface area contributed by atoms with E-state index in [1.54, 1.807) is 30.7 Å². The SMILES string of the molecule is C#Cc1cc(F)c(-c2c(-c3ccc(Oc4nccc(C)n4)c(F)c3)c3c(C)ncnc3n2C)cn1. The van der Waals surface area contributed by atoms with Gasteiger partial charge in [-0.15, -0.1) is 6.42 Å². The molecule has 172 valence electrons. The Kier molecular flexibility index (Phi) is 5.41. The van der Waals surface area contributed by atoms with Crippen LogP contribution in [-0.2, 0) is 7.05 Å². The molecule has 0 radical (unpaired) electrons. The molecular weight excluding hydrogens is 450 g/mol. The number of aryl methyl sites for hydroxylation is 3. The quantitative estimate of drug-likeness (QED) is 0.339. The van der Waals surface area contributed by atoms with Crippen molar-refractivity contribution in [3.63, 3.8) is 0 Å². The number of nitrogens with zero attached hydrogens (tertiary/aromatic N) is 6. The molecule has 4 heterocycles. The molecule has 4 aromatic heterocycles. The Morgan fingerprint density at radius 1 is 1.00 bits per heavy atom. The zero-order valence-electron chi connectivity index (χ0n) is 19.0. The van der Waals surface area contributed by atoms with Crippen molar-refractivity contribution in [1.82, 2.24) is 29.5 Å². The minimum Gasteiger partial charge on any atom is -0.421 e.